The number of carbonyl (C=O) groups is 4. The molecule has 1 aromatic heterocycles. The van der Waals surface area contributed by atoms with Crippen molar-refractivity contribution in [2.45, 2.75) is 64.3 Å². The van der Waals surface area contributed by atoms with E-state index in [1.807, 2.05) is 13.8 Å². The van der Waals surface area contributed by atoms with Crippen LogP contribution in [-0.4, -0.2) is 89.4 Å². The molecule has 3 atom stereocenters. The van der Waals surface area contributed by atoms with E-state index in [1.54, 1.807) is 12.3 Å². The monoisotopic (exact) mass is 599 g/mol. The highest BCUT2D eigenvalue weighted by Crippen LogP contribution is 2.41. The molecule has 14 nitrogen and oxygen atoms in total. The van der Waals surface area contributed by atoms with Crippen LogP contribution in [0.3, 0.4) is 0 Å². The SMILES string of the molecule is CCON=C(C(=O)NC1C(=O)N2C(C(=O)OC(C)OC(=O)OC(CC)CC)=C(COC)CS[C@@H]12)c1csc(N)n1. The Morgan fingerprint density at radius 1 is 1.23 bits per heavy atom. The number of nitrogen functional groups attached to an aromatic ring is 1. The molecule has 2 amide bonds. The van der Waals surface area contributed by atoms with Gasteiger partial charge in [0.25, 0.3) is 11.8 Å². The molecule has 0 bridgehead atoms. The van der Waals surface area contributed by atoms with Gasteiger partial charge in [0.2, 0.25) is 6.29 Å². The van der Waals surface area contributed by atoms with Crippen molar-refractivity contribution in [1.29, 1.82) is 0 Å². The number of thiazole rings is 1. The lowest BCUT2D eigenvalue weighted by molar-refractivity contribution is -0.169. The lowest BCUT2D eigenvalue weighted by atomic mass is 10.0. The van der Waals surface area contributed by atoms with E-state index in [1.165, 1.54) is 30.7 Å². The molecule has 0 radical (unpaired) electrons. The van der Waals surface area contributed by atoms with Crippen molar-refractivity contribution >= 4 is 57.9 Å². The molecule has 2 aliphatic rings. The largest absolute Gasteiger partial charge is 0.511 e. The molecule has 40 heavy (non-hydrogen) atoms. The maximum Gasteiger partial charge on any atom is 0.511 e. The summed E-state index contributed by atoms with van der Waals surface area (Å²) in [5.74, 6) is -1.78. The minimum atomic E-state index is -1.28. The molecule has 0 aromatic carbocycles. The van der Waals surface area contributed by atoms with Crippen LogP contribution in [0.15, 0.2) is 21.8 Å². The molecule has 3 rings (SSSR count). The van der Waals surface area contributed by atoms with Crippen LogP contribution >= 0.6 is 23.1 Å². The first kappa shape index (κ1) is 31.2. The van der Waals surface area contributed by atoms with E-state index in [0.717, 1.165) is 11.3 Å². The Morgan fingerprint density at radius 3 is 2.55 bits per heavy atom. The highest BCUT2D eigenvalue weighted by atomic mass is 32.2. The number of aromatic nitrogens is 1. The van der Waals surface area contributed by atoms with Crippen LogP contribution in [-0.2, 0) is 38.2 Å². The fourth-order valence-electron chi connectivity index (χ4n) is 3.88. The van der Waals surface area contributed by atoms with Crippen molar-refractivity contribution in [1.82, 2.24) is 15.2 Å². The number of nitrogens with two attached hydrogens (primary N) is 1. The number of hydrogen-bond donors (Lipinski definition) is 2. The Labute approximate surface area is 239 Å². The van der Waals surface area contributed by atoms with Crippen LogP contribution in [0.2, 0.25) is 0 Å². The Balaban J connectivity index is 1.72. The second-order valence-corrected chi connectivity index (χ2v) is 10.6. The third-order valence-electron chi connectivity index (χ3n) is 5.82. The minimum absolute atomic E-state index is 0.0274. The van der Waals surface area contributed by atoms with Crippen molar-refractivity contribution in [2.24, 2.45) is 5.16 Å². The maximum absolute atomic E-state index is 13.2. The van der Waals surface area contributed by atoms with E-state index in [-0.39, 0.29) is 41.6 Å². The third kappa shape index (κ3) is 7.22. The number of oxime groups is 1. The van der Waals surface area contributed by atoms with Crippen LogP contribution in [0.4, 0.5) is 9.93 Å². The number of esters is 1. The van der Waals surface area contributed by atoms with Gasteiger partial charge in [0, 0.05) is 25.2 Å². The Bertz CT molecular complexity index is 1170. The standard InChI is InChI=1S/C24H33N5O9S2/c1-6-14(7-2)38-24(33)37-12(4)36-22(32)18-13(9-34-5)10-39-21-17(20(31)29(18)21)27-19(30)16(28-35-8-3)15-11-40-23(25)26-15/h11-12,14,17,21H,6-10H2,1-5H3,(H2,25,26)(H,27,30)/t12?,17?,21-/m0/s1. The summed E-state index contributed by atoms with van der Waals surface area (Å²) in [6, 6.07) is -0.962. The lowest BCUT2D eigenvalue weighted by Gasteiger charge is -2.49. The quantitative estimate of drug-likeness (QED) is 0.111. The normalized spacial score (nSPS) is 19.5. The number of methoxy groups -OCH3 is 1. The fraction of sp³-hybridized carbons (Fsp3) is 0.583. The summed E-state index contributed by atoms with van der Waals surface area (Å²) >= 11 is 2.47. The van der Waals surface area contributed by atoms with Crippen molar-refractivity contribution in [3.8, 4) is 0 Å². The summed E-state index contributed by atoms with van der Waals surface area (Å²) in [7, 11) is 1.46. The number of β-lactam (4-membered cyclic amide) rings is 1. The van der Waals surface area contributed by atoms with E-state index in [0.29, 0.717) is 24.2 Å². The van der Waals surface area contributed by atoms with Gasteiger partial charge in [0.1, 0.15) is 35.5 Å². The van der Waals surface area contributed by atoms with Crippen LogP contribution in [0, 0.1) is 0 Å². The van der Waals surface area contributed by atoms with Gasteiger partial charge in [-0.1, -0.05) is 19.0 Å². The number of fused-ring (bicyclic) bond motifs is 1. The number of carbonyl (C=O) groups excluding carboxylic acids is 4. The molecule has 1 aromatic rings. The van der Waals surface area contributed by atoms with Crippen LogP contribution in [0.5, 0.6) is 0 Å². The van der Waals surface area contributed by atoms with E-state index < -0.39 is 41.6 Å². The molecule has 3 N–H and O–H groups in total. The van der Waals surface area contributed by atoms with Gasteiger partial charge in [-0.25, -0.2) is 14.6 Å². The average molecular weight is 600 g/mol. The minimum Gasteiger partial charge on any atom is -0.431 e. The zero-order chi connectivity index (χ0) is 29.4. The number of nitrogens with one attached hydrogen (secondary N) is 1. The predicted octanol–water partition coefficient (Wildman–Crippen LogP) is 2.00. The van der Waals surface area contributed by atoms with Gasteiger partial charge >= 0.3 is 12.1 Å². The summed E-state index contributed by atoms with van der Waals surface area (Å²) in [5, 5.41) is 7.68. The van der Waals surface area contributed by atoms with E-state index in [2.05, 4.69) is 15.5 Å². The topological polar surface area (TPSA) is 181 Å². The molecule has 3 heterocycles. The number of rotatable bonds is 13. The number of ether oxygens (including phenoxy) is 4. The highest BCUT2D eigenvalue weighted by Gasteiger charge is 2.55. The summed E-state index contributed by atoms with van der Waals surface area (Å²) < 4.78 is 20.8. The van der Waals surface area contributed by atoms with Crippen molar-refractivity contribution < 1.29 is 43.0 Å². The predicted molar refractivity (Wildman–Crippen MR) is 146 cm³/mol. The second kappa shape index (κ2) is 14.3. The summed E-state index contributed by atoms with van der Waals surface area (Å²) in [5.41, 5.74) is 6.24. The molecule has 16 heteroatoms. The van der Waals surface area contributed by atoms with Gasteiger partial charge in [0.15, 0.2) is 10.8 Å². The fourth-order valence-corrected chi connectivity index (χ4v) is 5.76. The van der Waals surface area contributed by atoms with Crippen LogP contribution in [0.25, 0.3) is 0 Å². The number of thioether (sulfide) groups is 1. The zero-order valence-corrected chi connectivity index (χ0v) is 24.5. The third-order valence-corrected chi connectivity index (χ3v) is 7.83. The van der Waals surface area contributed by atoms with E-state index >= 15 is 0 Å². The van der Waals surface area contributed by atoms with Crippen molar-refractivity contribution in [3.63, 3.8) is 0 Å². The van der Waals surface area contributed by atoms with Crippen molar-refractivity contribution in [3.05, 3.63) is 22.3 Å². The highest BCUT2D eigenvalue weighted by molar-refractivity contribution is 8.00. The first-order valence-corrected chi connectivity index (χ1v) is 14.5. The first-order chi connectivity index (χ1) is 19.1. The van der Waals surface area contributed by atoms with Gasteiger partial charge < -0.3 is 34.8 Å². The lowest BCUT2D eigenvalue weighted by Crippen LogP contribution is -2.71. The number of nitrogens with zero attached hydrogens (tertiary/aromatic N) is 3. The molecule has 220 valence electrons. The first-order valence-electron chi connectivity index (χ1n) is 12.6. The maximum atomic E-state index is 13.2. The molecule has 0 saturated carbocycles. The summed E-state index contributed by atoms with van der Waals surface area (Å²) in [6.07, 6.45) is -1.35. The van der Waals surface area contributed by atoms with Crippen molar-refractivity contribution in [2.75, 3.05) is 31.8 Å². The molecule has 0 aliphatic carbocycles. The second-order valence-electron chi connectivity index (χ2n) is 8.57. The number of hydrogen-bond acceptors (Lipinski definition) is 14. The van der Waals surface area contributed by atoms with Crippen LogP contribution in [0.1, 0.15) is 46.2 Å². The molecule has 2 unspecified atom stereocenters. The Hall–Kier alpha value is -3.37. The van der Waals surface area contributed by atoms with Gasteiger partial charge in [-0.15, -0.1) is 23.1 Å². The number of amides is 2. The molecule has 1 fully saturated rings. The van der Waals surface area contributed by atoms with Gasteiger partial charge in [-0.2, -0.15) is 0 Å². The zero-order valence-electron chi connectivity index (χ0n) is 22.8. The smallest absolute Gasteiger partial charge is 0.431 e. The van der Waals surface area contributed by atoms with E-state index in [4.69, 9.17) is 29.5 Å². The molecular formula is C24H33N5O9S2. The summed E-state index contributed by atoms with van der Waals surface area (Å²) in [4.78, 5) is 61.9. The van der Waals surface area contributed by atoms with Gasteiger partial charge in [-0.05, 0) is 25.3 Å². The molecule has 0 spiro atoms. The number of anilines is 1. The van der Waals surface area contributed by atoms with Gasteiger partial charge in [-0.3, -0.25) is 14.5 Å². The van der Waals surface area contributed by atoms with Gasteiger partial charge in [0.05, 0.1) is 6.61 Å². The van der Waals surface area contributed by atoms with Crippen LogP contribution < -0.4 is 11.1 Å². The Morgan fingerprint density at radius 2 is 1.95 bits per heavy atom. The summed E-state index contributed by atoms with van der Waals surface area (Å²) in [6.45, 7) is 7.07. The average Bonchev–Trinajstić information content (AvgIpc) is 3.35. The molecular weight excluding hydrogens is 566 g/mol. The van der Waals surface area contributed by atoms with E-state index in [9.17, 15) is 19.2 Å². The molecule has 1 saturated heterocycles. The Kier molecular flexibility index (Phi) is 11.2. The molecule has 2 aliphatic heterocycles.